The van der Waals surface area contributed by atoms with Crippen molar-refractivity contribution in [2.24, 2.45) is 7.05 Å². The summed E-state index contributed by atoms with van der Waals surface area (Å²) in [5.74, 6) is 0.637. The fraction of sp³-hybridized carbons (Fsp3) is 0.769. The molecule has 1 N–H and O–H groups in total. The lowest BCUT2D eigenvalue weighted by Gasteiger charge is -2.19. The molecule has 2 heterocycles. The standard InChI is InChI=1S/C13H23N3/c1-9-6-10(7-14-9)11-8-16(5)15-12(11)13(2,3)4/h8-10,14H,6-7H2,1-5H3. The second kappa shape index (κ2) is 3.88. The maximum atomic E-state index is 4.64. The van der Waals surface area contributed by atoms with Gasteiger partial charge < -0.3 is 5.32 Å². The van der Waals surface area contributed by atoms with Gasteiger partial charge >= 0.3 is 0 Å². The molecule has 0 aliphatic carbocycles. The monoisotopic (exact) mass is 221 g/mol. The average Bonchev–Trinajstić information content (AvgIpc) is 2.70. The van der Waals surface area contributed by atoms with E-state index in [1.54, 1.807) is 0 Å². The molecule has 3 heteroatoms. The van der Waals surface area contributed by atoms with E-state index in [-0.39, 0.29) is 5.41 Å². The molecule has 0 radical (unpaired) electrons. The van der Waals surface area contributed by atoms with Gasteiger partial charge in [-0.05, 0) is 18.9 Å². The molecular formula is C13H23N3. The van der Waals surface area contributed by atoms with Crippen LogP contribution >= 0.6 is 0 Å². The molecule has 0 aromatic carbocycles. The van der Waals surface area contributed by atoms with Crippen molar-refractivity contribution in [1.29, 1.82) is 0 Å². The Bertz CT molecular complexity index is 373. The van der Waals surface area contributed by atoms with Gasteiger partial charge in [-0.1, -0.05) is 20.8 Å². The summed E-state index contributed by atoms with van der Waals surface area (Å²) in [6.07, 6.45) is 3.43. The minimum atomic E-state index is 0.141. The zero-order chi connectivity index (χ0) is 11.9. The van der Waals surface area contributed by atoms with Gasteiger partial charge in [-0.2, -0.15) is 5.10 Å². The van der Waals surface area contributed by atoms with Crippen molar-refractivity contribution in [1.82, 2.24) is 15.1 Å². The summed E-state index contributed by atoms with van der Waals surface area (Å²) in [6, 6.07) is 0.637. The molecule has 1 aromatic rings. The van der Waals surface area contributed by atoms with Crippen LogP contribution in [0.3, 0.4) is 0 Å². The number of hydrogen-bond acceptors (Lipinski definition) is 2. The summed E-state index contributed by atoms with van der Waals surface area (Å²) in [7, 11) is 2.02. The average molecular weight is 221 g/mol. The lowest BCUT2D eigenvalue weighted by atomic mass is 9.85. The van der Waals surface area contributed by atoms with E-state index in [9.17, 15) is 0 Å². The molecule has 2 rings (SSSR count). The minimum absolute atomic E-state index is 0.141. The molecule has 0 amide bonds. The topological polar surface area (TPSA) is 29.9 Å². The lowest BCUT2D eigenvalue weighted by molar-refractivity contribution is 0.542. The highest BCUT2D eigenvalue weighted by molar-refractivity contribution is 5.29. The van der Waals surface area contributed by atoms with Crippen molar-refractivity contribution in [2.75, 3.05) is 6.54 Å². The summed E-state index contributed by atoms with van der Waals surface area (Å²) < 4.78 is 1.96. The minimum Gasteiger partial charge on any atom is -0.314 e. The molecule has 1 fully saturated rings. The first-order valence-electron chi connectivity index (χ1n) is 6.15. The second-order valence-corrected chi connectivity index (χ2v) is 6.10. The fourth-order valence-corrected chi connectivity index (χ4v) is 2.56. The van der Waals surface area contributed by atoms with Crippen molar-refractivity contribution >= 4 is 0 Å². The summed E-state index contributed by atoms with van der Waals surface area (Å²) in [4.78, 5) is 0. The van der Waals surface area contributed by atoms with Crippen molar-refractivity contribution in [3.8, 4) is 0 Å². The molecule has 1 aliphatic heterocycles. The maximum absolute atomic E-state index is 4.64. The normalized spacial score (nSPS) is 26.3. The van der Waals surface area contributed by atoms with Crippen molar-refractivity contribution in [2.45, 2.75) is 51.5 Å². The molecule has 2 atom stereocenters. The van der Waals surface area contributed by atoms with E-state index in [0.717, 1.165) is 6.54 Å². The highest BCUT2D eigenvalue weighted by atomic mass is 15.3. The van der Waals surface area contributed by atoms with Gasteiger partial charge in [-0.3, -0.25) is 4.68 Å². The lowest BCUT2D eigenvalue weighted by Crippen LogP contribution is -2.18. The molecule has 1 aliphatic rings. The van der Waals surface area contributed by atoms with Crippen molar-refractivity contribution in [3.05, 3.63) is 17.5 Å². The van der Waals surface area contributed by atoms with Crippen molar-refractivity contribution < 1.29 is 0 Å². The van der Waals surface area contributed by atoms with Crippen LogP contribution in [-0.4, -0.2) is 22.4 Å². The number of nitrogens with zero attached hydrogens (tertiary/aromatic N) is 2. The summed E-state index contributed by atoms with van der Waals surface area (Å²) in [6.45, 7) is 10.1. The zero-order valence-corrected chi connectivity index (χ0v) is 11.0. The van der Waals surface area contributed by atoms with E-state index >= 15 is 0 Å². The quantitative estimate of drug-likeness (QED) is 0.788. The molecule has 1 aromatic heterocycles. The van der Waals surface area contributed by atoms with E-state index in [0.29, 0.717) is 12.0 Å². The van der Waals surface area contributed by atoms with E-state index in [1.807, 2.05) is 11.7 Å². The number of aryl methyl sites for hydroxylation is 1. The Kier molecular flexibility index (Phi) is 2.82. The van der Waals surface area contributed by atoms with E-state index in [4.69, 9.17) is 0 Å². The Hall–Kier alpha value is -0.830. The van der Waals surface area contributed by atoms with Crippen LogP contribution in [0.15, 0.2) is 6.20 Å². The van der Waals surface area contributed by atoms with Crippen LogP contribution in [0, 0.1) is 0 Å². The van der Waals surface area contributed by atoms with Crippen LogP contribution in [0.5, 0.6) is 0 Å². The first-order chi connectivity index (χ1) is 7.38. The van der Waals surface area contributed by atoms with Gasteiger partial charge in [-0.15, -0.1) is 0 Å². The predicted octanol–water partition coefficient (Wildman–Crippen LogP) is 2.18. The number of hydrogen-bond donors (Lipinski definition) is 1. The van der Waals surface area contributed by atoms with Gasteiger partial charge in [-0.25, -0.2) is 0 Å². The van der Waals surface area contributed by atoms with Gasteiger partial charge in [0, 0.05) is 37.2 Å². The molecule has 90 valence electrons. The fourth-order valence-electron chi connectivity index (χ4n) is 2.56. The molecule has 0 spiro atoms. The smallest absolute Gasteiger partial charge is 0.0713 e. The molecule has 0 bridgehead atoms. The van der Waals surface area contributed by atoms with E-state index < -0.39 is 0 Å². The van der Waals surface area contributed by atoms with Crippen LogP contribution in [0.4, 0.5) is 0 Å². The number of rotatable bonds is 1. The third-order valence-corrected chi connectivity index (χ3v) is 3.36. The Balaban J connectivity index is 2.33. The van der Waals surface area contributed by atoms with Crippen LogP contribution < -0.4 is 5.32 Å². The molecule has 2 unspecified atom stereocenters. The van der Waals surface area contributed by atoms with Gasteiger partial charge in [0.1, 0.15) is 0 Å². The Morgan fingerprint density at radius 3 is 2.62 bits per heavy atom. The molecule has 16 heavy (non-hydrogen) atoms. The van der Waals surface area contributed by atoms with Crippen molar-refractivity contribution in [3.63, 3.8) is 0 Å². The summed E-state index contributed by atoms with van der Waals surface area (Å²) in [5, 5.41) is 8.16. The SMILES string of the molecule is CC1CC(c2cn(C)nc2C(C)(C)C)CN1. The number of aromatic nitrogens is 2. The zero-order valence-electron chi connectivity index (χ0n) is 11.0. The van der Waals surface area contributed by atoms with E-state index in [2.05, 4.69) is 44.3 Å². The Labute approximate surface area is 98.2 Å². The molecule has 0 saturated carbocycles. The highest BCUT2D eigenvalue weighted by Crippen LogP contribution is 2.33. The Morgan fingerprint density at radius 2 is 2.12 bits per heavy atom. The van der Waals surface area contributed by atoms with Crippen LogP contribution in [0.25, 0.3) is 0 Å². The number of nitrogens with one attached hydrogen (secondary N) is 1. The van der Waals surface area contributed by atoms with Gasteiger partial charge in [0.15, 0.2) is 0 Å². The maximum Gasteiger partial charge on any atom is 0.0713 e. The first kappa shape index (κ1) is 11.6. The van der Waals surface area contributed by atoms with Crippen LogP contribution in [0.1, 0.15) is 51.3 Å². The molecular weight excluding hydrogens is 198 g/mol. The van der Waals surface area contributed by atoms with Gasteiger partial charge in [0.2, 0.25) is 0 Å². The summed E-state index contributed by atoms with van der Waals surface area (Å²) in [5.41, 5.74) is 2.84. The summed E-state index contributed by atoms with van der Waals surface area (Å²) >= 11 is 0. The van der Waals surface area contributed by atoms with Gasteiger partial charge in [0.25, 0.3) is 0 Å². The third kappa shape index (κ3) is 2.14. The predicted molar refractivity (Wildman–Crippen MR) is 66.7 cm³/mol. The first-order valence-corrected chi connectivity index (χ1v) is 6.15. The third-order valence-electron chi connectivity index (χ3n) is 3.36. The largest absolute Gasteiger partial charge is 0.314 e. The highest BCUT2D eigenvalue weighted by Gasteiger charge is 2.30. The van der Waals surface area contributed by atoms with E-state index in [1.165, 1.54) is 17.7 Å². The van der Waals surface area contributed by atoms with Crippen LogP contribution in [-0.2, 0) is 12.5 Å². The molecule has 1 saturated heterocycles. The van der Waals surface area contributed by atoms with Gasteiger partial charge in [0.05, 0.1) is 5.69 Å². The Morgan fingerprint density at radius 1 is 1.44 bits per heavy atom. The second-order valence-electron chi connectivity index (χ2n) is 6.10. The molecule has 3 nitrogen and oxygen atoms in total. The van der Waals surface area contributed by atoms with Crippen LogP contribution in [0.2, 0.25) is 0 Å².